The Hall–Kier alpha value is -1.62. The van der Waals surface area contributed by atoms with Crippen LogP contribution in [0.15, 0.2) is 24.9 Å². The molecule has 2 rings (SSSR count). The molecule has 0 atom stereocenters. The van der Waals surface area contributed by atoms with Crippen LogP contribution in [0.25, 0.3) is 6.08 Å². The SMILES string of the molecule is C=Cc1ccc(C2(C#N)CC2)nc1. The fraction of sp³-hybridized carbons (Fsp3) is 0.273. The smallest absolute Gasteiger partial charge is 0.0994 e. The van der Waals surface area contributed by atoms with E-state index < -0.39 is 0 Å². The first kappa shape index (κ1) is 8.00. The highest BCUT2D eigenvalue weighted by Crippen LogP contribution is 2.46. The Bertz CT molecular complexity index is 366. The Morgan fingerprint density at radius 1 is 1.54 bits per heavy atom. The van der Waals surface area contributed by atoms with Gasteiger partial charge in [-0.2, -0.15) is 5.26 Å². The molecule has 0 N–H and O–H groups in total. The van der Waals surface area contributed by atoms with E-state index in [9.17, 15) is 0 Å². The molecule has 0 aliphatic heterocycles. The lowest BCUT2D eigenvalue weighted by Gasteiger charge is -2.03. The standard InChI is InChI=1S/C11H10N2/c1-2-9-3-4-10(13-7-9)11(8-12)5-6-11/h2-4,7H,1,5-6H2. The number of nitriles is 1. The Morgan fingerprint density at radius 2 is 2.31 bits per heavy atom. The highest BCUT2D eigenvalue weighted by molar-refractivity contribution is 5.46. The molecule has 2 heteroatoms. The van der Waals surface area contributed by atoms with E-state index in [1.807, 2.05) is 12.1 Å². The summed E-state index contributed by atoms with van der Waals surface area (Å²) in [5, 5.41) is 8.93. The molecule has 0 unspecified atom stereocenters. The molecule has 0 bridgehead atoms. The van der Waals surface area contributed by atoms with E-state index in [-0.39, 0.29) is 5.41 Å². The van der Waals surface area contributed by atoms with Gasteiger partial charge in [0, 0.05) is 6.20 Å². The first-order valence-electron chi connectivity index (χ1n) is 4.31. The van der Waals surface area contributed by atoms with E-state index in [1.54, 1.807) is 12.3 Å². The van der Waals surface area contributed by atoms with Gasteiger partial charge in [-0.05, 0) is 24.5 Å². The molecule has 0 saturated heterocycles. The van der Waals surface area contributed by atoms with Crippen LogP contribution in [-0.4, -0.2) is 4.98 Å². The molecular formula is C11H10N2. The first-order valence-corrected chi connectivity index (χ1v) is 4.31. The second-order valence-corrected chi connectivity index (χ2v) is 3.37. The third-order valence-corrected chi connectivity index (χ3v) is 2.48. The molecule has 13 heavy (non-hydrogen) atoms. The average molecular weight is 170 g/mol. The molecule has 1 aliphatic carbocycles. The van der Waals surface area contributed by atoms with Crippen LogP contribution in [0.4, 0.5) is 0 Å². The van der Waals surface area contributed by atoms with Crippen LogP contribution in [0.1, 0.15) is 24.1 Å². The van der Waals surface area contributed by atoms with Gasteiger partial charge in [-0.3, -0.25) is 4.98 Å². The van der Waals surface area contributed by atoms with E-state index in [4.69, 9.17) is 5.26 Å². The summed E-state index contributed by atoms with van der Waals surface area (Å²) < 4.78 is 0. The molecule has 64 valence electrons. The number of rotatable bonds is 2. The number of pyridine rings is 1. The Balaban J connectivity index is 2.34. The van der Waals surface area contributed by atoms with Crippen molar-refractivity contribution in [2.24, 2.45) is 0 Å². The number of nitrogens with zero attached hydrogens (tertiary/aromatic N) is 2. The fourth-order valence-corrected chi connectivity index (χ4v) is 1.36. The molecule has 1 saturated carbocycles. The molecule has 0 radical (unpaired) electrons. The molecule has 1 aromatic rings. The van der Waals surface area contributed by atoms with Gasteiger partial charge in [0.25, 0.3) is 0 Å². The van der Waals surface area contributed by atoms with Crippen LogP contribution in [-0.2, 0) is 5.41 Å². The lowest BCUT2D eigenvalue weighted by atomic mass is 10.0. The van der Waals surface area contributed by atoms with Crippen LogP contribution >= 0.6 is 0 Å². The molecule has 1 aliphatic rings. The van der Waals surface area contributed by atoms with Crippen molar-refractivity contribution >= 4 is 6.08 Å². The number of aromatic nitrogens is 1. The summed E-state index contributed by atoms with van der Waals surface area (Å²) in [6, 6.07) is 6.19. The van der Waals surface area contributed by atoms with Gasteiger partial charge in [0.1, 0.15) is 0 Å². The molecule has 0 amide bonds. The summed E-state index contributed by atoms with van der Waals surface area (Å²) in [5.74, 6) is 0. The Kier molecular flexibility index (Phi) is 1.66. The van der Waals surface area contributed by atoms with Crippen molar-refractivity contribution in [1.82, 2.24) is 4.98 Å². The first-order chi connectivity index (χ1) is 6.30. The molecule has 1 fully saturated rings. The predicted molar refractivity (Wildman–Crippen MR) is 50.9 cm³/mol. The minimum absolute atomic E-state index is 0.264. The molecule has 2 nitrogen and oxygen atoms in total. The van der Waals surface area contributed by atoms with E-state index in [0.29, 0.717) is 0 Å². The Morgan fingerprint density at radius 3 is 2.69 bits per heavy atom. The molecule has 0 spiro atoms. The van der Waals surface area contributed by atoms with Crippen molar-refractivity contribution in [3.8, 4) is 6.07 Å². The second kappa shape index (κ2) is 2.70. The summed E-state index contributed by atoms with van der Waals surface area (Å²) in [5.41, 5.74) is 1.64. The van der Waals surface area contributed by atoms with Crippen LogP contribution in [0, 0.1) is 11.3 Å². The van der Waals surface area contributed by atoms with Crippen LogP contribution < -0.4 is 0 Å². The quantitative estimate of drug-likeness (QED) is 0.682. The topological polar surface area (TPSA) is 36.7 Å². The second-order valence-electron chi connectivity index (χ2n) is 3.37. The van der Waals surface area contributed by atoms with Gasteiger partial charge in [-0.15, -0.1) is 0 Å². The molecule has 1 aromatic heterocycles. The van der Waals surface area contributed by atoms with Crippen molar-refractivity contribution in [3.63, 3.8) is 0 Å². The van der Waals surface area contributed by atoms with E-state index in [1.165, 1.54) is 0 Å². The lowest BCUT2D eigenvalue weighted by molar-refractivity contribution is 0.854. The summed E-state index contributed by atoms with van der Waals surface area (Å²) >= 11 is 0. The van der Waals surface area contributed by atoms with E-state index in [0.717, 1.165) is 24.1 Å². The van der Waals surface area contributed by atoms with Gasteiger partial charge >= 0.3 is 0 Å². The van der Waals surface area contributed by atoms with Gasteiger partial charge in [0.15, 0.2) is 0 Å². The average Bonchev–Trinajstić information content (AvgIpc) is 2.99. The lowest BCUT2D eigenvalue weighted by Crippen LogP contribution is -2.04. The van der Waals surface area contributed by atoms with Gasteiger partial charge in [0.05, 0.1) is 17.2 Å². The highest BCUT2D eigenvalue weighted by Gasteiger charge is 2.46. The van der Waals surface area contributed by atoms with Crippen molar-refractivity contribution < 1.29 is 0 Å². The monoisotopic (exact) mass is 170 g/mol. The maximum Gasteiger partial charge on any atom is 0.0994 e. The number of hydrogen-bond donors (Lipinski definition) is 0. The predicted octanol–water partition coefficient (Wildman–Crippen LogP) is 2.28. The van der Waals surface area contributed by atoms with Gasteiger partial charge in [-0.25, -0.2) is 0 Å². The minimum Gasteiger partial charge on any atom is -0.259 e. The summed E-state index contributed by atoms with van der Waals surface area (Å²) in [4.78, 5) is 4.26. The highest BCUT2D eigenvalue weighted by atomic mass is 14.7. The fourth-order valence-electron chi connectivity index (χ4n) is 1.36. The minimum atomic E-state index is -0.264. The normalized spacial score (nSPS) is 17.5. The van der Waals surface area contributed by atoms with Gasteiger partial charge in [0.2, 0.25) is 0 Å². The summed E-state index contributed by atoms with van der Waals surface area (Å²) in [6.45, 7) is 3.65. The Labute approximate surface area is 77.5 Å². The summed E-state index contributed by atoms with van der Waals surface area (Å²) in [7, 11) is 0. The third-order valence-electron chi connectivity index (χ3n) is 2.48. The maximum absolute atomic E-state index is 8.93. The zero-order valence-electron chi connectivity index (χ0n) is 7.33. The van der Waals surface area contributed by atoms with E-state index in [2.05, 4.69) is 17.6 Å². The van der Waals surface area contributed by atoms with Crippen molar-refractivity contribution in [3.05, 3.63) is 36.2 Å². The van der Waals surface area contributed by atoms with E-state index >= 15 is 0 Å². The van der Waals surface area contributed by atoms with Crippen molar-refractivity contribution in [1.29, 1.82) is 5.26 Å². The van der Waals surface area contributed by atoms with Crippen molar-refractivity contribution in [2.75, 3.05) is 0 Å². The molecule has 1 heterocycles. The van der Waals surface area contributed by atoms with Crippen LogP contribution in [0.2, 0.25) is 0 Å². The summed E-state index contributed by atoms with van der Waals surface area (Å²) in [6.07, 6.45) is 5.41. The zero-order valence-corrected chi connectivity index (χ0v) is 7.33. The maximum atomic E-state index is 8.93. The largest absolute Gasteiger partial charge is 0.259 e. The van der Waals surface area contributed by atoms with Crippen molar-refractivity contribution in [2.45, 2.75) is 18.3 Å². The molecule has 0 aromatic carbocycles. The third kappa shape index (κ3) is 1.23. The number of hydrogen-bond acceptors (Lipinski definition) is 2. The van der Waals surface area contributed by atoms with Crippen LogP contribution in [0.3, 0.4) is 0 Å². The van der Waals surface area contributed by atoms with Gasteiger partial charge < -0.3 is 0 Å². The zero-order chi connectivity index (χ0) is 9.31. The molecular weight excluding hydrogens is 160 g/mol. The van der Waals surface area contributed by atoms with Gasteiger partial charge in [-0.1, -0.05) is 18.7 Å². The van der Waals surface area contributed by atoms with Crippen LogP contribution in [0.5, 0.6) is 0 Å².